The van der Waals surface area contributed by atoms with Crippen LogP contribution in [0.1, 0.15) is 85.5 Å². The predicted octanol–water partition coefficient (Wildman–Crippen LogP) is 4.90. The van der Waals surface area contributed by atoms with Gasteiger partial charge in [-0.1, -0.05) is 52.9 Å². The van der Waals surface area contributed by atoms with Gasteiger partial charge in [-0.25, -0.2) is 0 Å². The zero-order valence-corrected chi connectivity index (χ0v) is 12.9. The average molecular weight is 256 g/mol. The number of carbonyl (C=O) groups excluding carboxylic acids is 1. The van der Waals surface area contributed by atoms with Gasteiger partial charge >= 0.3 is 0 Å². The van der Waals surface area contributed by atoms with Gasteiger partial charge in [0.25, 0.3) is 0 Å². The van der Waals surface area contributed by atoms with Crippen molar-refractivity contribution >= 4 is 5.78 Å². The highest BCUT2D eigenvalue weighted by molar-refractivity contribution is 5.87. The lowest BCUT2D eigenvalue weighted by atomic mass is 9.88. The summed E-state index contributed by atoms with van der Waals surface area (Å²) in [5.74, 6) is 0.310. The van der Waals surface area contributed by atoms with E-state index >= 15 is 0 Å². The molecule has 0 radical (unpaired) electrons. The van der Waals surface area contributed by atoms with Crippen LogP contribution in [0.25, 0.3) is 0 Å². The Morgan fingerprint density at radius 2 is 1.44 bits per heavy atom. The minimum Gasteiger partial charge on any atom is -0.368 e. The largest absolute Gasteiger partial charge is 0.368 e. The van der Waals surface area contributed by atoms with Crippen LogP contribution in [0.15, 0.2) is 0 Å². The lowest BCUT2D eigenvalue weighted by molar-refractivity contribution is -0.145. The van der Waals surface area contributed by atoms with Gasteiger partial charge in [-0.3, -0.25) is 4.79 Å². The summed E-state index contributed by atoms with van der Waals surface area (Å²) in [5.41, 5.74) is -0.502. The van der Waals surface area contributed by atoms with Crippen LogP contribution < -0.4 is 0 Å². The molecule has 0 aliphatic carbocycles. The Morgan fingerprint density at radius 1 is 0.889 bits per heavy atom. The van der Waals surface area contributed by atoms with Crippen molar-refractivity contribution in [1.29, 1.82) is 0 Å². The summed E-state index contributed by atoms with van der Waals surface area (Å²) < 4.78 is 5.74. The second-order valence-electron chi connectivity index (χ2n) is 5.08. The first-order valence-corrected chi connectivity index (χ1v) is 7.84. The standard InChI is InChI=1S/C16H32O2/c1-5-9-10-11-12-13-14-15(17)16(6-2,7-3)18-8-4/h5-14H2,1-4H3. The summed E-state index contributed by atoms with van der Waals surface area (Å²) in [7, 11) is 0. The zero-order chi connectivity index (χ0) is 13.9. The number of rotatable bonds is 12. The van der Waals surface area contributed by atoms with Gasteiger partial charge in [0.1, 0.15) is 5.60 Å². The fourth-order valence-electron chi connectivity index (χ4n) is 2.50. The van der Waals surface area contributed by atoms with Gasteiger partial charge in [0, 0.05) is 13.0 Å². The fraction of sp³-hybridized carbons (Fsp3) is 0.938. The van der Waals surface area contributed by atoms with E-state index in [4.69, 9.17) is 4.74 Å². The Kier molecular flexibility index (Phi) is 10.3. The van der Waals surface area contributed by atoms with E-state index in [-0.39, 0.29) is 0 Å². The molecule has 2 heteroatoms. The minimum absolute atomic E-state index is 0.310. The quantitative estimate of drug-likeness (QED) is 0.464. The van der Waals surface area contributed by atoms with E-state index in [1.54, 1.807) is 0 Å². The van der Waals surface area contributed by atoms with E-state index in [1.165, 1.54) is 32.1 Å². The normalized spacial score (nSPS) is 11.8. The predicted molar refractivity (Wildman–Crippen MR) is 77.9 cm³/mol. The molecule has 0 aliphatic rings. The number of Topliss-reactive ketones (excluding diaryl/α,β-unsaturated/α-hetero) is 1. The number of carbonyl (C=O) groups is 1. The molecule has 0 aliphatic heterocycles. The Bertz CT molecular complexity index is 207. The summed E-state index contributed by atoms with van der Waals surface area (Å²) in [6, 6.07) is 0. The molecule has 0 spiro atoms. The second kappa shape index (κ2) is 10.5. The number of hydrogen-bond donors (Lipinski definition) is 0. The third kappa shape index (κ3) is 5.99. The second-order valence-corrected chi connectivity index (χ2v) is 5.08. The molecule has 0 N–H and O–H groups in total. The Hall–Kier alpha value is -0.370. The van der Waals surface area contributed by atoms with Crippen molar-refractivity contribution in [2.24, 2.45) is 0 Å². The minimum atomic E-state index is -0.502. The van der Waals surface area contributed by atoms with Crippen LogP contribution in [0.2, 0.25) is 0 Å². The van der Waals surface area contributed by atoms with Crippen LogP contribution in [0.4, 0.5) is 0 Å². The maximum Gasteiger partial charge on any atom is 0.164 e. The SMILES string of the molecule is CCCCCCCCC(=O)C(CC)(CC)OCC. The van der Waals surface area contributed by atoms with Crippen molar-refractivity contribution in [3.63, 3.8) is 0 Å². The Morgan fingerprint density at radius 3 is 1.94 bits per heavy atom. The summed E-state index contributed by atoms with van der Waals surface area (Å²) >= 11 is 0. The van der Waals surface area contributed by atoms with Crippen LogP contribution in [-0.2, 0) is 9.53 Å². The molecule has 0 rings (SSSR count). The third-order valence-electron chi connectivity index (χ3n) is 3.83. The van der Waals surface area contributed by atoms with Gasteiger partial charge in [-0.05, 0) is 26.2 Å². The smallest absolute Gasteiger partial charge is 0.164 e. The number of ketones is 1. The van der Waals surface area contributed by atoms with Gasteiger partial charge in [0.2, 0.25) is 0 Å². The lowest BCUT2D eigenvalue weighted by Crippen LogP contribution is -2.40. The van der Waals surface area contributed by atoms with E-state index in [0.717, 1.165) is 19.3 Å². The van der Waals surface area contributed by atoms with E-state index in [0.29, 0.717) is 18.8 Å². The van der Waals surface area contributed by atoms with Crippen molar-refractivity contribution in [3.05, 3.63) is 0 Å². The van der Waals surface area contributed by atoms with E-state index in [1.807, 2.05) is 6.92 Å². The Labute approximate surface area is 113 Å². The number of hydrogen-bond acceptors (Lipinski definition) is 2. The molecular weight excluding hydrogens is 224 g/mol. The lowest BCUT2D eigenvalue weighted by Gasteiger charge is -2.30. The molecule has 0 heterocycles. The molecule has 108 valence electrons. The molecule has 0 fully saturated rings. The van der Waals surface area contributed by atoms with Crippen molar-refractivity contribution in [2.75, 3.05) is 6.61 Å². The van der Waals surface area contributed by atoms with Crippen LogP contribution in [0.3, 0.4) is 0 Å². The van der Waals surface area contributed by atoms with Crippen molar-refractivity contribution in [2.45, 2.75) is 91.1 Å². The molecular formula is C16H32O2. The first-order chi connectivity index (χ1) is 8.66. The molecule has 0 amide bonds. The molecule has 0 unspecified atom stereocenters. The van der Waals surface area contributed by atoms with Crippen LogP contribution in [0, 0.1) is 0 Å². The summed E-state index contributed by atoms with van der Waals surface area (Å²) in [6.45, 7) is 8.93. The maximum atomic E-state index is 12.3. The average Bonchev–Trinajstić information content (AvgIpc) is 2.40. The molecule has 0 aromatic heterocycles. The fourth-order valence-corrected chi connectivity index (χ4v) is 2.50. The monoisotopic (exact) mass is 256 g/mol. The highest BCUT2D eigenvalue weighted by atomic mass is 16.5. The van der Waals surface area contributed by atoms with Crippen molar-refractivity contribution < 1.29 is 9.53 Å². The summed E-state index contributed by atoms with van der Waals surface area (Å²) in [6.07, 6.45) is 9.66. The summed E-state index contributed by atoms with van der Waals surface area (Å²) in [5, 5.41) is 0. The van der Waals surface area contributed by atoms with Crippen LogP contribution in [-0.4, -0.2) is 18.0 Å². The topological polar surface area (TPSA) is 26.3 Å². The van der Waals surface area contributed by atoms with Gasteiger partial charge < -0.3 is 4.74 Å². The van der Waals surface area contributed by atoms with Crippen molar-refractivity contribution in [3.8, 4) is 0 Å². The first kappa shape index (κ1) is 17.6. The number of ether oxygens (including phenoxy) is 1. The van der Waals surface area contributed by atoms with Gasteiger partial charge in [-0.15, -0.1) is 0 Å². The summed E-state index contributed by atoms with van der Waals surface area (Å²) in [4.78, 5) is 12.3. The van der Waals surface area contributed by atoms with E-state index < -0.39 is 5.60 Å². The Balaban J connectivity index is 3.96. The zero-order valence-electron chi connectivity index (χ0n) is 12.9. The molecule has 0 saturated carbocycles. The van der Waals surface area contributed by atoms with Crippen LogP contribution >= 0.6 is 0 Å². The molecule has 0 bridgehead atoms. The molecule has 18 heavy (non-hydrogen) atoms. The maximum absolute atomic E-state index is 12.3. The van der Waals surface area contributed by atoms with Gasteiger partial charge in [0.05, 0.1) is 0 Å². The van der Waals surface area contributed by atoms with E-state index in [9.17, 15) is 4.79 Å². The van der Waals surface area contributed by atoms with Gasteiger partial charge in [0.15, 0.2) is 5.78 Å². The highest BCUT2D eigenvalue weighted by Gasteiger charge is 2.34. The first-order valence-electron chi connectivity index (χ1n) is 7.84. The molecule has 0 aromatic carbocycles. The van der Waals surface area contributed by atoms with Crippen LogP contribution in [0.5, 0.6) is 0 Å². The van der Waals surface area contributed by atoms with E-state index in [2.05, 4.69) is 20.8 Å². The molecule has 2 nitrogen and oxygen atoms in total. The highest BCUT2D eigenvalue weighted by Crippen LogP contribution is 2.24. The molecule has 0 aromatic rings. The molecule has 0 atom stereocenters. The van der Waals surface area contributed by atoms with Gasteiger partial charge in [-0.2, -0.15) is 0 Å². The number of unbranched alkanes of at least 4 members (excludes halogenated alkanes) is 5. The third-order valence-corrected chi connectivity index (χ3v) is 3.83. The molecule has 0 saturated heterocycles. The van der Waals surface area contributed by atoms with Crippen molar-refractivity contribution in [1.82, 2.24) is 0 Å².